The van der Waals surface area contributed by atoms with Crippen molar-refractivity contribution in [2.24, 2.45) is 7.05 Å². The minimum atomic E-state index is -3.88. The summed E-state index contributed by atoms with van der Waals surface area (Å²) in [6.45, 7) is 1.23. The van der Waals surface area contributed by atoms with Gasteiger partial charge in [-0.3, -0.25) is 9.78 Å². The van der Waals surface area contributed by atoms with E-state index in [4.69, 9.17) is 0 Å². The van der Waals surface area contributed by atoms with E-state index in [9.17, 15) is 18.0 Å². The highest BCUT2D eigenvalue weighted by molar-refractivity contribution is 7.89. The standard InChI is InChI=1S/C16H18N6O4S/c1-21-6-5-18-14(21)13-9-17-4-7-22(13)27(25,26)10-2-3-12-11(8-10)15(23)20-16(24)19-12/h2-3,5-6,8,13,17H,4,7,9H2,1H3,(H2,19,20,23,24). The molecule has 1 unspecified atom stereocenters. The van der Waals surface area contributed by atoms with Gasteiger partial charge < -0.3 is 14.9 Å². The molecule has 0 aliphatic carbocycles. The molecule has 1 aliphatic rings. The summed E-state index contributed by atoms with van der Waals surface area (Å²) in [6, 6.07) is 3.64. The lowest BCUT2D eigenvalue weighted by atomic mass is 10.2. The van der Waals surface area contributed by atoms with Crippen LogP contribution in [-0.2, 0) is 17.1 Å². The number of nitrogens with zero attached hydrogens (tertiary/aromatic N) is 3. The number of nitrogens with one attached hydrogen (secondary N) is 3. The Balaban J connectivity index is 1.82. The first-order chi connectivity index (χ1) is 12.9. The van der Waals surface area contributed by atoms with Crippen molar-refractivity contribution in [2.45, 2.75) is 10.9 Å². The monoisotopic (exact) mass is 390 g/mol. The van der Waals surface area contributed by atoms with Crippen LogP contribution in [0.4, 0.5) is 0 Å². The summed E-state index contributed by atoms with van der Waals surface area (Å²) in [5.74, 6) is 0.633. The predicted octanol–water partition coefficient (Wildman–Crippen LogP) is -0.715. The summed E-state index contributed by atoms with van der Waals surface area (Å²) in [4.78, 5) is 32.3. The number of aromatic nitrogens is 4. The van der Waals surface area contributed by atoms with E-state index in [2.05, 4.69) is 20.3 Å². The second-order valence-corrected chi connectivity index (χ2v) is 8.24. The fraction of sp³-hybridized carbons (Fsp3) is 0.312. The maximum absolute atomic E-state index is 13.3. The summed E-state index contributed by atoms with van der Waals surface area (Å²) in [5.41, 5.74) is -0.990. The average molecular weight is 390 g/mol. The Bertz CT molecular complexity index is 1230. The van der Waals surface area contributed by atoms with Crippen LogP contribution in [0.25, 0.3) is 10.9 Å². The number of rotatable bonds is 3. The Morgan fingerprint density at radius 2 is 2.04 bits per heavy atom. The van der Waals surface area contributed by atoms with Crippen LogP contribution >= 0.6 is 0 Å². The molecule has 4 rings (SSSR count). The molecule has 1 atom stereocenters. The number of H-pyrrole nitrogens is 2. The smallest absolute Gasteiger partial charge is 0.326 e. The lowest BCUT2D eigenvalue weighted by Crippen LogP contribution is -2.49. The van der Waals surface area contributed by atoms with Crippen molar-refractivity contribution in [3.8, 4) is 0 Å². The van der Waals surface area contributed by atoms with E-state index in [1.807, 2.05) is 7.05 Å². The van der Waals surface area contributed by atoms with Crippen LogP contribution < -0.4 is 16.6 Å². The molecular weight excluding hydrogens is 372 g/mol. The molecule has 2 aromatic heterocycles. The number of piperazine rings is 1. The van der Waals surface area contributed by atoms with Crippen LogP contribution in [0.5, 0.6) is 0 Å². The summed E-state index contributed by atoms with van der Waals surface area (Å²) >= 11 is 0. The number of fused-ring (bicyclic) bond motifs is 1. The van der Waals surface area contributed by atoms with Crippen molar-refractivity contribution in [1.29, 1.82) is 0 Å². The fourth-order valence-corrected chi connectivity index (χ4v) is 4.94. The Hall–Kier alpha value is -2.76. The third-order valence-electron chi connectivity index (χ3n) is 4.67. The van der Waals surface area contributed by atoms with Crippen LogP contribution in [0, 0.1) is 0 Å². The molecule has 0 saturated carbocycles. The molecule has 0 radical (unpaired) electrons. The van der Waals surface area contributed by atoms with E-state index < -0.39 is 27.3 Å². The molecule has 1 fully saturated rings. The van der Waals surface area contributed by atoms with Crippen molar-refractivity contribution < 1.29 is 8.42 Å². The third kappa shape index (κ3) is 2.99. The zero-order chi connectivity index (χ0) is 19.2. The summed E-state index contributed by atoms with van der Waals surface area (Å²) < 4.78 is 29.8. The zero-order valence-electron chi connectivity index (χ0n) is 14.5. The predicted molar refractivity (Wildman–Crippen MR) is 97.9 cm³/mol. The van der Waals surface area contributed by atoms with Gasteiger partial charge in [0.05, 0.1) is 21.8 Å². The van der Waals surface area contributed by atoms with Crippen LogP contribution in [0.1, 0.15) is 11.9 Å². The Kier molecular flexibility index (Phi) is 4.21. The highest BCUT2D eigenvalue weighted by atomic mass is 32.2. The molecular formula is C16H18N6O4S. The van der Waals surface area contributed by atoms with E-state index in [0.717, 1.165) is 0 Å². The molecule has 3 N–H and O–H groups in total. The maximum atomic E-state index is 13.3. The normalized spacial score (nSPS) is 18.8. The van der Waals surface area contributed by atoms with Crippen molar-refractivity contribution in [3.63, 3.8) is 0 Å². The molecule has 3 aromatic rings. The van der Waals surface area contributed by atoms with Gasteiger partial charge in [-0.2, -0.15) is 4.31 Å². The molecule has 142 valence electrons. The lowest BCUT2D eigenvalue weighted by Gasteiger charge is -2.34. The summed E-state index contributed by atoms with van der Waals surface area (Å²) in [5, 5.41) is 3.31. The van der Waals surface area contributed by atoms with Crippen molar-refractivity contribution in [3.05, 3.63) is 57.3 Å². The van der Waals surface area contributed by atoms with Crippen molar-refractivity contribution in [1.82, 2.24) is 29.1 Å². The zero-order valence-corrected chi connectivity index (χ0v) is 15.3. The van der Waals surface area contributed by atoms with Gasteiger partial charge in [-0.05, 0) is 18.2 Å². The summed E-state index contributed by atoms with van der Waals surface area (Å²) in [6.07, 6.45) is 3.39. The van der Waals surface area contributed by atoms with Crippen LogP contribution in [-0.4, -0.2) is 51.9 Å². The molecule has 0 spiro atoms. The minimum absolute atomic E-state index is 0.00587. The first-order valence-electron chi connectivity index (χ1n) is 8.34. The maximum Gasteiger partial charge on any atom is 0.326 e. The van der Waals surface area contributed by atoms with E-state index in [1.54, 1.807) is 17.0 Å². The van der Waals surface area contributed by atoms with E-state index in [-0.39, 0.29) is 22.3 Å². The number of sulfonamides is 1. The molecule has 10 nitrogen and oxygen atoms in total. The Morgan fingerprint density at radius 1 is 1.22 bits per heavy atom. The highest BCUT2D eigenvalue weighted by Crippen LogP contribution is 2.28. The van der Waals surface area contributed by atoms with Gasteiger partial charge in [-0.25, -0.2) is 18.2 Å². The molecule has 1 aromatic carbocycles. The van der Waals surface area contributed by atoms with Crippen molar-refractivity contribution in [2.75, 3.05) is 19.6 Å². The number of benzene rings is 1. The van der Waals surface area contributed by atoms with Gasteiger partial charge in [-0.1, -0.05) is 0 Å². The molecule has 27 heavy (non-hydrogen) atoms. The Morgan fingerprint density at radius 3 is 2.78 bits per heavy atom. The third-order valence-corrected chi connectivity index (χ3v) is 6.57. The van der Waals surface area contributed by atoms with Crippen LogP contribution in [0.2, 0.25) is 0 Å². The van der Waals surface area contributed by atoms with E-state index in [0.29, 0.717) is 18.9 Å². The number of imidazole rings is 1. The average Bonchev–Trinajstić information content (AvgIpc) is 3.07. The largest absolute Gasteiger partial charge is 0.337 e. The highest BCUT2D eigenvalue weighted by Gasteiger charge is 2.36. The number of aryl methyl sites for hydroxylation is 1. The van der Waals surface area contributed by atoms with Crippen LogP contribution in [0.3, 0.4) is 0 Å². The van der Waals surface area contributed by atoms with Gasteiger partial charge in [0.2, 0.25) is 10.0 Å². The first kappa shape index (κ1) is 17.6. The van der Waals surface area contributed by atoms with Gasteiger partial charge in [-0.15, -0.1) is 0 Å². The van der Waals surface area contributed by atoms with Gasteiger partial charge in [0, 0.05) is 39.1 Å². The summed E-state index contributed by atoms with van der Waals surface area (Å²) in [7, 11) is -2.06. The Labute approximate surface area is 153 Å². The first-order valence-corrected chi connectivity index (χ1v) is 9.78. The lowest BCUT2D eigenvalue weighted by molar-refractivity contribution is 0.258. The van der Waals surface area contributed by atoms with Crippen LogP contribution in [0.15, 0.2) is 45.1 Å². The molecule has 11 heteroatoms. The molecule has 1 saturated heterocycles. The van der Waals surface area contributed by atoms with Gasteiger partial charge in [0.1, 0.15) is 5.82 Å². The SMILES string of the molecule is Cn1ccnc1C1CNCCN1S(=O)(=O)c1ccc2[nH]c(=O)[nH]c(=O)c2c1. The number of hydrogen-bond acceptors (Lipinski definition) is 6. The van der Waals surface area contributed by atoms with E-state index in [1.165, 1.54) is 22.5 Å². The van der Waals surface area contributed by atoms with Crippen molar-refractivity contribution >= 4 is 20.9 Å². The molecule has 1 aliphatic heterocycles. The molecule has 0 amide bonds. The van der Waals surface area contributed by atoms with Gasteiger partial charge in [0.15, 0.2) is 0 Å². The van der Waals surface area contributed by atoms with Gasteiger partial charge in [0.25, 0.3) is 5.56 Å². The van der Waals surface area contributed by atoms with Gasteiger partial charge >= 0.3 is 5.69 Å². The van der Waals surface area contributed by atoms with E-state index >= 15 is 0 Å². The topological polar surface area (TPSA) is 133 Å². The second kappa shape index (κ2) is 6.44. The fourth-order valence-electron chi connectivity index (χ4n) is 3.33. The quantitative estimate of drug-likeness (QED) is 0.541. The molecule has 0 bridgehead atoms. The minimum Gasteiger partial charge on any atom is -0.337 e. The second-order valence-electron chi connectivity index (χ2n) is 6.35. The molecule has 3 heterocycles. The number of aromatic amines is 2. The number of hydrogen-bond donors (Lipinski definition) is 3.